The van der Waals surface area contributed by atoms with Crippen molar-refractivity contribution >= 4 is 0 Å². The van der Waals surface area contributed by atoms with Crippen LogP contribution in [0.5, 0.6) is 0 Å². The number of aromatic amines is 1. The zero-order chi connectivity index (χ0) is 10.5. The van der Waals surface area contributed by atoms with Gasteiger partial charge >= 0.3 is 0 Å². The van der Waals surface area contributed by atoms with Crippen molar-refractivity contribution in [1.29, 1.82) is 0 Å². The zero-order valence-electron chi connectivity index (χ0n) is 8.40. The first kappa shape index (κ1) is 9.78. The fourth-order valence-corrected chi connectivity index (χ4v) is 1.11. The first-order chi connectivity index (χ1) is 7.40. The molecule has 2 heterocycles. The summed E-state index contributed by atoms with van der Waals surface area (Å²) in [4.78, 5) is 4.16. The first-order valence-electron chi connectivity index (χ1n) is 4.79. The topological polar surface area (TPSA) is 92.5 Å². The van der Waals surface area contributed by atoms with Gasteiger partial charge in [0.1, 0.15) is 0 Å². The normalized spacial score (nSPS) is 10.7. The third kappa shape index (κ3) is 2.38. The van der Waals surface area contributed by atoms with Crippen LogP contribution in [0, 0.1) is 0 Å². The molecule has 0 saturated carbocycles. The minimum atomic E-state index is 0.456. The van der Waals surface area contributed by atoms with Crippen LogP contribution in [0.3, 0.4) is 0 Å². The Balaban J connectivity index is 1.98. The number of nitrogens with one attached hydrogen (secondary N) is 2. The monoisotopic (exact) mass is 208 g/mol. The first-order valence-corrected chi connectivity index (χ1v) is 4.79. The van der Waals surface area contributed by atoms with E-state index in [1.54, 1.807) is 6.20 Å². The van der Waals surface area contributed by atoms with Crippen molar-refractivity contribution in [3.63, 3.8) is 0 Å². The molecule has 15 heavy (non-hydrogen) atoms. The standard InChI is InChI=1S/C8H12N6O/c1-2-3-9-5-7-11-8(13-15-7)6-4-10-14-12-6/h4,9H,2-3,5H2,1H3,(H,10,12,14). The summed E-state index contributed by atoms with van der Waals surface area (Å²) in [7, 11) is 0. The molecule has 0 aliphatic heterocycles. The van der Waals surface area contributed by atoms with E-state index >= 15 is 0 Å². The molecule has 0 aliphatic carbocycles. The minimum absolute atomic E-state index is 0.456. The van der Waals surface area contributed by atoms with E-state index in [1.165, 1.54) is 0 Å². The van der Waals surface area contributed by atoms with Crippen LogP contribution in [0.25, 0.3) is 11.5 Å². The van der Waals surface area contributed by atoms with Crippen molar-refractivity contribution in [1.82, 2.24) is 30.9 Å². The van der Waals surface area contributed by atoms with Crippen molar-refractivity contribution < 1.29 is 4.52 Å². The molecule has 0 fully saturated rings. The van der Waals surface area contributed by atoms with Crippen molar-refractivity contribution in [2.45, 2.75) is 19.9 Å². The van der Waals surface area contributed by atoms with Crippen molar-refractivity contribution in [3.8, 4) is 11.5 Å². The quantitative estimate of drug-likeness (QED) is 0.689. The Morgan fingerprint density at radius 1 is 1.53 bits per heavy atom. The number of hydrogen-bond donors (Lipinski definition) is 2. The minimum Gasteiger partial charge on any atom is -0.337 e. The highest BCUT2D eigenvalue weighted by atomic mass is 16.5. The molecule has 2 aromatic rings. The molecule has 0 saturated heterocycles. The van der Waals surface area contributed by atoms with Gasteiger partial charge in [-0.05, 0) is 13.0 Å². The van der Waals surface area contributed by atoms with Gasteiger partial charge in [0.15, 0.2) is 5.69 Å². The SMILES string of the molecule is CCCNCc1nc(-c2cn[nH]n2)no1. The van der Waals surface area contributed by atoms with Gasteiger partial charge in [-0.25, -0.2) is 0 Å². The fourth-order valence-electron chi connectivity index (χ4n) is 1.11. The Kier molecular flexibility index (Phi) is 3.03. The molecule has 7 nitrogen and oxygen atoms in total. The van der Waals surface area contributed by atoms with Gasteiger partial charge in [0.05, 0.1) is 12.7 Å². The van der Waals surface area contributed by atoms with Gasteiger partial charge in [0.25, 0.3) is 0 Å². The van der Waals surface area contributed by atoms with E-state index in [0.717, 1.165) is 13.0 Å². The Labute approximate surface area is 86.3 Å². The van der Waals surface area contributed by atoms with E-state index in [4.69, 9.17) is 4.52 Å². The highest BCUT2D eigenvalue weighted by Gasteiger charge is 2.09. The third-order valence-electron chi connectivity index (χ3n) is 1.82. The Morgan fingerprint density at radius 2 is 2.47 bits per heavy atom. The molecule has 0 spiro atoms. The van der Waals surface area contributed by atoms with Crippen LogP contribution in [0.15, 0.2) is 10.7 Å². The van der Waals surface area contributed by atoms with Crippen LogP contribution in [-0.4, -0.2) is 32.1 Å². The Bertz CT molecular complexity index is 395. The second-order valence-electron chi connectivity index (χ2n) is 3.04. The fraction of sp³-hybridized carbons (Fsp3) is 0.500. The maximum absolute atomic E-state index is 5.03. The predicted molar refractivity (Wildman–Crippen MR) is 51.7 cm³/mol. The van der Waals surface area contributed by atoms with E-state index < -0.39 is 0 Å². The summed E-state index contributed by atoms with van der Waals surface area (Å²) in [6.45, 7) is 3.61. The maximum Gasteiger partial charge on any atom is 0.240 e. The molecule has 2 N–H and O–H groups in total. The van der Waals surface area contributed by atoms with Crippen LogP contribution in [0.2, 0.25) is 0 Å². The van der Waals surface area contributed by atoms with E-state index in [9.17, 15) is 0 Å². The number of rotatable bonds is 5. The van der Waals surface area contributed by atoms with E-state index in [1.807, 2.05) is 0 Å². The van der Waals surface area contributed by atoms with Gasteiger partial charge in [-0.15, -0.1) is 0 Å². The molecule has 0 unspecified atom stereocenters. The molecule has 80 valence electrons. The number of H-pyrrole nitrogens is 1. The molecule has 0 aliphatic rings. The molecule has 0 bridgehead atoms. The highest BCUT2D eigenvalue weighted by molar-refractivity contribution is 5.44. The smallest absolute Gasteiger partial charge is 0.240 e. The molecule has 2 rings (SSSR count). The van der Waals surface area contributed by atoms with Crippen molar-refractivity contribution in [2.75, 3.05) is 6.54 Å². The van der Waals surface area contributed by atoms with Gasteiger partial charge in [-0.3, -0.25) is 0 Å². The lowest BCUT2D eigenvalue weighted by Crippen LogP contribution is -2.13. The lowest BCUT2D eigenvalue weighted by molar-refractivity contribution is 0.368. The third-order valence-corrected chi connectivity index (χ3v) is 1.82. The average molecular weight is 208 g/mol. The second kappa shape index (κ2) is 4.65. The number of nitrogens with zero attached hydrogens (tertiary/aromatic N) is 4. The van der Waals surface area contributed by atoms with Crippen molar-refractivity contribution in [2.24, 2.45) is 0 Å². The summed E-state index contributed by atoms with van der Waals surface area (Å²) in [5.74, 6) is 1.01. The van der Waals surface area contributed by atoms with Crippen LogP contribution >= 0.6 is 0 Å². The molecule has 0 aromatic carbocycles. The molecule has 0 atom stereocenters. The zero-order valence-corrected chi connectivity index (χ0v) is 8.40. The molecule has 0 amide bonds. The van der Waals surface area contributed by atoms with Gasteiger partial charge in [0, 0.05) is 0 Å². The van der Waals surface area contributed by atoms with Gasteiger partial charge in [-0.1, -0.05) is 12.1 Å². The summed E-state index contributed by atoms with van der Waals surface area (Å²) < 4.78 is 5.03. The summed E-state index contributed by atoms with van der Waals surface area (Å²) in [6.07, 6.45) is 2.62. The van der Waals surface area contributed by atoms with Gasteiger partial charge in [-0.2, -0.15) is 20.4 Å². The van der Waals surface area contributed by atoms with Crippen LogP contribution in [0.4, 0.5) is 0 Å². The second-order valence-corrected chi connectivity index (χ2v) is 3.04. The lowest BCUT2D eigenvalue weighted by atomic mass is 10.4. The average Bonchev–Trinajstić information content (AvgIpc) is 2.87. The molecule has 0 radical (unpaired) electrons. The highest BCUT2D eigenvalue weighted by Crippen LogP contribution is 2.09. The van der Waals surface area contributed by atoms with Crippen LogP contribution in [0.1, 0.15) is 19.2 Å². The number of hydrogen-bond acceptors (Lipinski definition) is 6. The molecular formula is C8H12N6O. The molecule has 7 heteroatoms. The summed E-state index contributed by atoms with van der Waals surface area (Å²) in [5, 5.41) is 17.0. The summed E-state index contributed by atoms with van der Waals surface area (Å²) in [6, 6.07) is 0. The molecular weight excluding hydrogens is 196 g/mol. The summed E-state index contributed by atoms with van der Waals surface area (Å²) in [5.41, 5.74) is 0.584. The van der Waals surface area contributed by atoms with E-state index in [2.05, 4.69) is 37.8 Å². The van der Waals surface area contributed by atoms with Crippen molar-refractivity contribution in [3.05, 3.63) is 12.1 Å². The predicted octanol–water partition coefficient (Wildman–Crippen LogP) is 0.354. The summed E-state index contributed by atoms with van der Waals surface area (Å²) >= 11 is 0. The van der Waals surface area contributed by atoms with Crippen LogP contribution in [-0.2, 0) is 6.54 Å². The largest absolute Gasteiger partial charge is 0.337 e. The lowest BCUT2D eigenvalue weighted by Gasteiger charge is -1.95. The van der Waals surface area contributed by atoms with E-state index in [-0.39, 0.29) is 0 Å². The Hall–Kier alpha value is -1.76. The number of aromatic nitrogens is 5. The Morgan fingerprint density at radius 3 is 3.20 bits per heavy atom. The van der Waals surface area contributed by atoms with Crippen LogP contribution < -0.4 is 5.32 Å². The van der Waals surface area contributed by atoms with Gasteiger partial charge in [0.2, 0.25) is 11.7 Å². The van der Waals surface area contributed by atoms with Gasteiger partial charge < -0.3 is 9.84 Å². The maximum atomic E-state index is 5.03. The molecule has 2 aromatic heterocycles. The van der Waals surface area contributed by atoms with E-state index in [0.29, 0.717) is 24.0 Å².